The van der Waals surface area contributed by atoms with Crippen molar-refractivity contribution in [3.05, 3.63) is 63.7 Å². The van der Waals surface area contributed by atoms with Crippen molar-refractivity contribution in [2.45, 2.75) is 32.1 Å². The smallest absolute Gasteiger partial charge is 0.410 e. The van der Waals surface area contributed by atoms with Crippen molar-refractivity contribution >= 4 is 17.7 Å². The minimum absolute atomic E-state index is 0.00649. The number of nitro groups is 1. The Kier molecular flexibility index (Phi) is 7.48. The van der Waals surface area contributed by atoms with E-state index in [1.54, 1.807) is 18.2 Å². The highest BCUT2D eigenvalue weighted by molar-refractivity contribution is 5.82. The Morgan fingerprint density at radius 2 is 1.62 bits per heavy atom. The number of hydrogen-bond acceptors (Lipinski definition) is 8. The van der Waals surface area contributed by atoms with Crippen molar-refractivity contribution < 1.29 is 33.5 Å². The molecule has 0 spiro atoms. The zero-order chi connectivity index (χ0) is 23.1. The van der Waals surface area contributed by atoms with Crippen molar-refractivity contribution in [2.75, 3.05) is 20.8 Å². The van der Waals surface area contributed by atoms with Crippen LogP contribution in [-0.2, 0) is 27.5 Å². The van der Waals surface area contributed by atoms with Crippen LogP contribution in [0.1, 0.15) is 24.0 Å². The van der Waals surface area contributed by atoms with Gasteiger partial charge in [-0.2, -0.15) is 0 Å². The summed E-state index contributed by atoms with van der Waals surface area (Å²) < 4.78 is 21.1. The number of carbonyl (C=O) groups excluding carboxylic acids is 2. The van der Waals surface area contributed by atoms with Gasteiger partial charge in [-0.05, 0) is 48.2 Å². The minimum Gasteiger partial charge on any atom is -0.497 e. The molecule has 10 heteroatoms. The fraction of sp³-hybridized carbons (Fsp3) is 0.364. The van der Waals surface area contributed by atoms with Gasteiger partial charge in [0, 0.05) is 24.7 Å². The van der Waals surface area contributed by atoms with Crippen LogP contribution in [0.5, 0.6) is 11.5 Å². The van der Waals surface area contributed by atoms with Crippen LogP contribution in [0.15, 0.2) is 42.5 Å². The highest BCUT2D eigenvalue weighted by Crippen LogP contribution is 2.24. The second-order valence-electron chi connectivity index (χ2n) is 7.16. The van der Waals surface area contributed by atoms with E-state index in [2.05, 4.69) is 0 Å². The van der Waals surface area contributed by atoms with Crippen molar-refractivity contribution in [3.63, 3.8) is 0 Å². The van der Waals surface area contributed by atoms with E-state index in [1.807, 2.05) is 0 Å². The van der Waals surface area contributed by atoms with E-state index in [-0.39, 0.29) is 18.9 Å². The van der Waals surface area contributed by atoms with Crippen LogP contribution in [0.2, 0.25) is 0 Å². The summed E-state index contributed by atoms with van der Waals surface area (Å²) in [5, 5.41) is 10.7. The third-order valence-electron chi connectivity index (χ3n) is 5.06. The third-order valence-corrected chi connectivity index (χ3v) is 5.06. The Hall–Kier alpha value is -3.82. The second-order valence-corrected chi connectivity index (χ2v) is 7.16. The van der Waals surface area contributed by atoms with Crippen molar-refractivity contribution in [1.82, 2.24) is 4.90 Å². The first-order chi connectivity index (χ1) is 15.4. The van der Waals surface area contributed by atoms with Crippen LogP contribution < -0.4 is 9.47 Å². The largest absolute Gasteiger partial charge is 0.497 e. The predicted octanol–water partition coefficient (Wildman–Crippen LogP) is 3.46. The summed E-state index contributed by atoms with van der Waals surface area (Å²) in [5.41, 5.74) is 1.26. The molecule has 0 bridgehead atoms. The zero-order valence-electron chi connectivity index (χ0n) is 17.8. The van der Waals surface area contributed by atoms with Gasteiger partial charge in [0.25, 0.3) is 5.69 Å². The predicted molar refractivity (Wildman–Crippen MR) is 112 cm³/mol. The highest BCUT2D eigenvalue weighted by Gasteiger charge is 2.36. The normalized spacial score (nSPS) is 15.2. The van der Waals surface area contributed by atoms with Crippen LogP contribution >= 0.6 is 0 Å². The molecule has 0 saturated carbocycles. The van der Waals surface area contributed by atoms with Gasteiger partial charge in [0.1, 0.15) is 30.8 Å². The number of esters is 1. The number of benzene rings is 2. The van der Waals surface area contributed by atoms with Crippen LogP contribution in [0.3, 0.4) is 0 Å². The lowest BCUT2D eigenvalue weighted by molar-refractivity contribution is -0.384. The van der Waals surface area contributed by atoms with Gasteiger partial charge in [0.05, 0.1) is 19.1 Å². The monoisotopic (exact) mass is 444 g/mol. The topological polar surface area (TPSA) is 117 Å². The van der Waals surface area contributed by atoms with Gasteiger partial charge < -0.3 is 18.9 Å². The summed E-state index contributed by atoms with van der Waals surface area (Å²) in [6.45, 7) is 0.338. The maximum absolute atomic E-state index is 12.6. The number of nitro benzene ring substituents is 1. The van der Waals surface area contributed by atoms with Crippen LogP contribution in [0.25, 0.3) is 0 Å². The molecule has 1 fully saturated rings. The molecular weight excluding hydrogens is 420 g/mol. The Morgan fingerprint density at radius 1 is 1.00 bits per heavy atom. The Bertz CT molecular complexity index is 954. The molecule has 170 valence electrons. The molecule has 0 radical (unpaired) electrons. The fourth-order valence-electron chi connectivity index (χ4n) is 3.37. The Labute approximate surface area is 184 Å². The molecule has 32 heavy (non-hydrogen) atoms. The minimum atomic E-state index is -0.736. The number of amides is 1. The summed E-state index contributed by atoms with van der Waals surface area (Å²) in [6, 6.07) is 10.2. The van der Waals surface area contributed by atoms with Gasteiger partial charge in [-0.15, -0.1) is 0 Å². The zero-order valence-corrected chi connectivity index (χ0v) is 17.8. The first-order valence-corrected chi connectivity index (χ1v) is 9.96. The average molecular weight is 444 g/mol. The highest BCUT2D eigenvalue weighted by atomic mass is 16.6. The second kappa shape index (κ2) is 10.5. The van der Waals surface area contributed by atoms with E-state index in [9.17, 15) is 19.7 Å². The van der Waals surface area contributed by atoms with Crippen molar-refractivity contribution in [3.8, 4) is 11.5 Å². The first-order valence-electron chi connectivity index (χ1n) is 9.96. The molecule has 1 heterocycles. The quantitative estimate of drug-likeness (QED) is 0.345. The van der Waals surface area contributed by atoms with Gasteiger partial charge in [-0.1, -0.05) is 0 Å². The van der Waals surface area contributed by atoms with E-state index in [0.29, 0.717) is 42.0 Å². The lowest BCUT2D eigenvalue weighted by atomic mass is 10.2. The maximum atomic E-state index is 12.6. The van der Waals surface area contributed by atoms with E-state index >= 15 is 0 Å². The number of rotatable bonds is 8. The SMILES string of the molecule is COc1cc(COC(=O)N2CCCC2C(=O)OCc2ccc([N+](=O)[O-])cc2)cc(OC)c1. The number of ether oxygens (including phenoxy) is 4. The molecule has 0 N–H and O–H groups in total. The molecule has 0 aliphatic carbocycles. The summed E-state index contributed by atoms with van der Waals surface area (Å²) in [6.07, 6.45) is 0.516. The van der Waals surface area contributed by atoms with Gasteiger partial charge in [0.15, 0.2) is 0 Å². The van der Waals surface area contributed by atoms with Gasteiger partial charge in [-0.3, -0.25) is 15.0 Å². The van der Waals surface area contributed by atoms with E-state index in [0.717, 1.165) is 0 Å². The molecule has 2 aromatic carbocycles. The number of methoxy groups -OCH3 is 2. The Morgan fingerprint density at radius 3 is 2.22 bits per heavy atom. The number of non-ortho nitro benzene ring substituents is 1. The number of hydrogen-bond donors (Lipinski definition) is 0. The fourth-order valence-corrected chi connectivity index (χ4v) is 3.37. The molecule has 3 rings (SSSR count). The van der Waals surface area contributed by atoms with Crippen LogP contribution in [0, 0.1) is 10.1 Å². The van der Waals surface area contributed by atoms with Crippen LogP contribution in [0.4, 0.5) is 10.5 Å². The van der Waals surface area contributed by atoms with E-state index in [1.165, 1.54) is 43.4 Å². The number of carbonyl (C=O) groups is 2. The van der Waals surface area contributed by atoms with Crippen LogP contribution in [-0.4, -0.2) is 48.7 Å². The molecule has 1 amide bonds. The Balaban J connectivity index is 1.55. The van der Waals surface area contributed by atoms with Gasteiger partial charge in [0.2, 0.25) is 0 Å². The molecular formula is C22H24N2O8. The molecule has 1 saturated heterocycles. The lowest BCUT2D eigenvalue weighted by Gasteiger charge is -2.22. The van der Waals surface area contributed by atoms with Crippen molar-refractivity contribution in [2.24, 2.45) is 0 Å². The molecule has 10 nitrogen and oxygen atoms in total. The third kappa shape index (κ3) is 5.65. The van der Waals surface area contributed by atoms with Crippen molar-refractivity contribution in [1.29, 1.82) is 0 Å². The molecule has 1 atom stereocenters. The van der Waals surface area contributed by atoms with E-state index in [4.69, 9.17) is 18.9 Å². The summed E-state index contributed by atoms with van der Waals surface area (Å²) >= 11 is 0. The first kappa shape index (κ1) is 22.9. The molecule has 0 aromatic heterocycles. The van der Waals surface area contributed by atoms with E-state index < -0.39 is 23.0 Å². The van der Waals surface area contributed by atoms with Gasteiger partial charge in [-0.25, -0.2) is 9.59 Å². The summed E-state index contributed by atoms with van der Waals surface area (Å²) in [4.78, 5) is 36.7. The number of nitrogens with zero attached hydrogens (tertiary/aromatic N) is 2. The summed E-state index contributed by atoms with van der Waals surface area (Å²) in [7, 11) is 3.06. The van der Waals surface area contributed by atoms with Gasteiger partial charge >= 0.3 is 12.1 Å². The molecule has 1 aliphatic rings. The lowest BCUT2D eigenvalue weighted by Crippen LogP contribution is -2.41. The molecule has 1 unspecified atom stereocenters. The maximum Gasteiger partial charge on any atom is 0.410 e. The average Bonchev–Trinajstić information content (AvgIpc) is 3.31. The number of likely N-dealkylation sites (tertiary alicyclic amines) is 1. The molecule has 2 aromatic rings. The molecule has 1 aliphatic heterocycles. The standard InChI is InChI=1S/C22H24N2O8/c1-29-18-10-16(11-19(12-18)30-2)14-32-22(26)23-9-3-4-20(23)21(25)31-13-15-5-7-17(8-6-15)24(27)28/h5-8,10-12,20H,3-4,9,13-14H2,1-2H3. The summed E-state index contributed by atoms with van der Waals surface area (Å²) in [5.74, 6) is 0.606.